The predicted molar refractivity (Wildman–Crippen MR) is 111 cm³/mol. The zero-order valence-corrected chi connectivity index (χ0v) is 17.3. The van der Waals surface area contributed by atoms with E-state index in [0.717, 1.165) is 30.7 Å². The van der Waals surface area contributed by atoms with E-state index in [4.69, 9.17) is 0 Å². The Morgan fingerprint density at radius 1 is 1.16 bits per heavy atom. The average Bonchev–Trinajstić information content (AvgIpc) is 3.10. The number of aromatic nitrogens is 3. The maximum Gasteiger partial charge on any atom is 0.422 e. The topological polar surface area (TPSA) is 72.3 Å². The van der Waals surface area contributed by atoms with Crippen molar-refractivity contribution in [3.63, 3.8) is 0 Å². The van der Waals surface area contributed by atoms with Crippen molar-refractivity contribution in [3.05, 3.63) is 48.2 Å². The first-order valence-corrected chi connectivity index (χ1v) is 9.95. The highest BCUT2D eigenvalue weighted by molar-refractivity contribution is 6.03. The number of ether oxygens (including phenoxy) is 1. The molecule has 0 saturated heterocycles. The zero-order chi connectivity index (χ0) is 22.4. The minimum absolute atomic E-state index is 0.182. The number of pyridine rings is 1. The van der Waals surface area contributed by atoms with Gasteiger partial charge in [-0.05, 0) is 31.3 Å². The minimum Gasteiger partial charge on any atom is -0.468 e. The number of carbonyl (C=O) groups excluding carboxylic acids is 1. The number of imidazole rings is 1. The Hall–Kier alpha value is -3.14. The molecular weight excluding hydrogens is 411 g/mol. The molecule has 0 atom stereocenters. The van der Waals surface area contributed by atoms with Gasteiger partial charge in [-0.15, -0.1) is 0 Å². The van der Waals surface area contributed by atoms with E-state index < -0.39 is 18.7 Å². The van der Waals surface area contributed by atoms with E-state index in [2.05, 4.69) is 38.8 Å². The van der Waals surface area contributed by atoms with E-state index >= 15 is 0 Å². The molecule has 2 aromatic heterocycles. The fourth-order valence-corrected chi connectivity index (χ4v) is 3.11. The van der Waals surface area contributed by atoms with Gasteiger partial charge in [0, 0.05) is 25.4 Å². The van der Waals surface area contributed by atoms with Crippen LogP contribution >= 0.6 is 0 Å². The quantitative estimate of drug-likeness (QED) is 0.551. The fourth-order valence-electron chi connectivity index (χ4n) is 3.11. The Labute approximate surface area is 177 Å². The van der Waals surface area contributed by atoms with Crippen molar-refractivity contribution in [3.8, 4) is 5.88 Å². The van der Waals surface area contributed by atoms with Crippen LogP contribution in [0, 0.1) is 0 Å². The van der Waals surface area contributed by atoms with Gasteiger partial charge in [0.25, 0.3) is 5.91 Å². The summed E-state index contributed by atoms with van der Waals surface area (Å²) in [4.78, 5) is 23.3. The fraction of sp³-hybridized carbons (Fsp3) is 0.381. The van der Waals surface area contributed by atoms with Crippen molar-refractivity contribution in [2.75, 3.05) is 31.6 Å². The Morgan fingerprint density at radius 2 is 1.90 bits per heavy atom. The lowest BCUT2D eigenvalue weighted by Crippen LogP contribution is -2.27. The van der Waals surface area contributed by atoms with Crippen LogP contribution < -0.4 is 10.1 Å². The number of benzene rings is 1. The maximum atomic E-state index is 12.7. The summed E-state index contributed by atoms with van der Waals surface area (Å²) in [5.41, 5.74) is 1.84. The molecule has 3 aromatic rings. The number of rotatable bonds is 9. The summed E-state index contributed by atoms with van der Waals surface area (Å²) >= 11 is 0. The van der Waals surface area contributed by atoms with Gasteiger partial charge >= 0.3 is 6.18 Å². The van der Waals surface area contributed by atoms with Crippen molar-refractivity contribution >= 4 is 22.9 Å². The lowest BCUT2D eigenvalue weighted by atomic mass is 10.2. The molecule has 0 spiro atoms. The number of anilines is 1. The summed E-state index contributed by atoms with van der Waals surface area (Å²) in [5.74, 6) is -0.273. The van der Waals surface area contributed by atoms with Gasteiger partial charge in [0.05, 0.1) is 16.6 Å². The molecule has 1 amide bonds. The zero-order valence-electron chi connectivity index (χ0n) is 17.3. The summed E-state index contributed by atoms with van der Waals surface area (Å²) < 4.78 is 43.3. The van der Waals surface area contributed by atoms with Crippen LogP contribution in [0.25, 0.3) is 11.0 Å². The normalized spacial score (nSPS) is 11.8. The number of para-hydroxylation sites is 2. The number of alkyl halides is 3. The number of hydrogen-bond acceptors (Lipinski definition) is 5. The molecule has 0 radical (unpaired) electrons. The number of halogens is 3. The molecule has 0 saturated carbocycles. The molecular formula is C21H24F3N5O2. The largest absolute Gasteiger partial charge is 0.468 e. The number of hydrogen-bond donors (Lipinski definition) is 1. The molecule has 0 fully saturated rings. The van der Waals surface area contributed by atoms with Crippen LogP contribution in [-0.2, 0) is 6.54 Å². The molecule has 0 aliphatic carbocycles. The smallest absolute Gasteiger partial charge is 0.422 e. The number of amides is 1. The van der Waals surface area contributed by atoms with Gasteiger partial charge in [-0.1, -0.05) is 26.0 Å². The summed E-state index contributed by atoms with van der Waals surface area (Å²) in [6.45, 7) is 6.00. The van der Waals surface area contributed by atoms with Crippen LogP contribution in [0.3, 0.4) is 0 Å². The van der Waals surface area contributed by atoms with Crippen molar-refractivity contribution in [2.24, 2.45) is 0 Å². The summed E-state index contributed by atoms with van der Waals surface area (Å²) in [6.07, 6.45) is -3.29. The van der Waals surface area contributed by atoms with Crippen LogP contribution in [-0.4, -0.2) is 57.8 Å². The van der Waals surface area contributed by atoms with E-state index in [9.17, 15) is 18.0 Å². The standard InChI is InChI=1S/C21H24F3N5O2/c1-3-28(4-2)11-12-29-17-8-6-5-7-16(17)26-20(29)27-19(30)15-9-10-18(25-13-15)31-14-21(22,23)24/h5-10,13H,3-4,11-12,14H2,1-2H3,(H,26,27,30). The third kappa shape index (κ3) is 5.94. The van der Waals surface area contributed by atoms with Crippen molar-refractivity contribution in [1.82, 2.24) is 19.4 Å². The first-order chi connectivity index (χ1) is 14.8. The van der Waals surface area contributed by atoms with Crippen molar-refractivity contribution in [1.29, 1.82) is 0 Å². The molecule has 0 aliphatic rings. The maximum absolute atomic E-state index is 12.7. The first-order valence-electron chi connectivity index (χ1n) is 9.95. The lowest BCUT2D eigenvalue weighted by molar-refractivity contribution is -0.154. The van der Waals surface area contributed by atoms with Gasteiger partial charge in [-0.25, -0.2) is 9.97 Å². The number of carbonyl (C=O) groups is 1. The van der Waals surface area contributed by atoms with E-state index in [1.54, 1.807) is 0 Å². The molecule has 2 heterocycles. The molecule has 3 rings (SSSR count). The van der Waals surface area contributed by atoms with Crippen molar-refractivity contribution < 1.29 is 22.7 Å². The Bertz CT molecular complexity index is 1010. The second-order valence-corrected chi connectivity index (χ2v) is 6.85. The molecule has 0 bridgehead atoms. The van der Waals surface area contributed by atoms with Crippen LogP contribution in [0.1, 0.15) is 24.2 Å². The average molecular weight is 435 g/mol. The molecule has 0 unspecified atom stereocenters. The first kappa shape index (κ1) is 22.5. The van der Waals surface area contributed by atoms with E-state index in [1.165, 1.54) is 18.3 Å². The molecule has 166 valence electrons. The number of likely N-dealkylation sites (N-methyl/N-ethyl adjacent to an activating group) is 1. The molecule has 1 N–H and O–H groups in total. The van der Waals surface area contributed by atoms with Gasteiger partial charge in [0.1, 0.15) is 0 Å². The van der Waals surface area contributed by atoms with E-state index in [1.807, 2.05) is 28.8 Å². The Balaban J connectivity index is 1.76. The molecule has 0 aliphatic heterocycles. The molecule has 7 nitrogen and oxygen atoms in total. The summed E-state index contributed by atoms with van der Waals surface area (Å²) in [7, 11) is 0. The molecule has 1 aromatic carbocycles. The van der Waals surface area contributed by atoms with Crippen LogP contribution in [0.5, 0.6) is 5.88 Å². The minimum atomic E-state index is -4.46. The Morgan fingerprint density at radius 3 is 2.55 bits per heavy atom. The van der Waals surface area contributed by atoms with E-state index in [0.29, 0.717) is 12.5 Å². The summed E-state index contributed by atoms with van der Waals surface area (Å²) in [6, 6.07) is 10.2. The third-order valence-corrected chi connectivity index (χ3v) is 4.80. The van der Waals surface area contributed by atoms with Gasteiger partial charge in [-0.2, -0.15) is 13.2 Å². The number of nitrogens with zero attached hydrogens (tertiary/aromatic N) is 4. The van der Waals surface area contributed by atoms with E-state index in [-0.39, 0.29) is 11.4 Å². The second kappa shape index (κ2) is 9.78. The SMILES string of the molecule is CCN(CC)CCn1c(NC(=O)c2ccc(OCC(F)(F)F)nc2)nc2ccccc21. The lowest BCUT2D eigenvalue weighted by Gasteiger charge is -2.19. The highest BCUT2D eigenvalue weighted by Crippen LogP contribution is 2.21. The highest BCUT2D eigenvalue weighted by Gasteiger charge is 2.28. The third-order valence-electron chi connectivity index (χ3n) is 4.80. The van der Waals surface area contributed by atoms with Gasteiger partial charge in [0.15, 0.2) is 6.61 Å². The number of nitrogens with one attached hydrogen (secondary N) is 1. The van der Waals surface area contributed by atoms with Crippen LogP contribution in [0.15, 0.2) is 42.6 Å². The second-order valence-electron chi connectivity index (χ2n) is 6.85. The number of fused-ring (bicyclic) bond motifs is 1. The predicted octanol–water partition coefficient (Wildman–Crippen LogP) is 3.97. The van der Waals surface area contributed by atoms with Crippen LogP contribution in [0.4, 0.5) is 19.1 Å². The van der Waals surface area contributed by atoms with Gasteiger partial charge in [-0.3, -0.25) is 10.1 Å². The monoisotopic (exact) mass is 435 g/mol. The summed E-state index contributed by atoms with van der Waals surface area (Å²) in [5, 5.41) is 2.79. The molecule has 10 heteroatoms. The van der Waals surface area contributed by atoms with Gasteiger partial charge < -0.3 is 14.2 Å². The highest BCUT2D eigenvalue weighted by atomic mass is 19.4. The van der Waals surface area contributed by atoms with Crippen molar-refractivity contribution in [2.45, 2.75) is 26.6 Å². The Kier molecular flexibility index (Phi) is 7.11. The van der Waals surface area contributed by atoms with Gasteiger partial charge in [0.2, 0.25) is 11.8 Å². The molecule has 31 heavy (non-hydrogen) atoms. The van der Waals surface area contributed by atoms with Crippen LogP contribution in [0.2, 0.25) is 0 Å².